The Morgan fingerprint density at radius 3 is 2.71 bits per heavy atom. The lowest BCUT2D eigenvalue weighted by Crippen LogP contribution is -2.41. The summed E-state index contributed by atoms with van der Waals surface area (Å²) in [5.74, 6) is -2.04. The number of fused-ring (bicyclic) bond motifs is 2. The van der Waals surface area contributed by atoms with E-state index in [-0.39, 0.29) is 29.7 Å². The molecular weight excluding hydrogens is 472 g/mol. The van der Waals surface area contributed by atoms with E-state index in [2.05, 4.69) is 10.3 Å². The zero-order valence-corrected chi connectivity index (χ0v) is 20.9. The number of aliphatic hydroxyl groups is 2. The maximum absolute atomic E-state index is 12.9. The average molecular weight is 505 g/mol. The third-order valence-corrected chi connectivity index (χ3v) is 7.85. The molecule has 2 bridgehead atoms. The van der Waals surface area contributed by atoms with Gasteiger partial charge >= 0.3 is 12.1 Å². The molecule has 2 aliphatic heterocycles. The molecule has 4 rings (SSSR count). The van der Waals surface area contributed by atoms with Crippen molar-refractivity contribution in [1.29, 1.82) is 0 Å². The number of hydrogen-bond acceptors (Lipinski definition) is 9. The summed E-state index contributed by atoms with van der Waals surface area (Å²) in [4.78, 5) is 42.1. The van der Waals surface area contributed by atoms with Gasteiger partial charge in [0.05, 0.1) is 35.4 Å². The number of Topliss-reactive ketones (excluding diaryl/α,β-unsaturated/α-hetero) is 1. The first-order valence-electron chi connectivity index (χ1n) is 12.0. The van der Waals surface area contributed by atoms with Crippen LogP contribution in [-0.4, -0.2) is 63.5 Å². The van der Waals surface area contributed by atoms with Crippen molar-refractivity contribution in [2.75, 3.05) is 0 Å². The van der Waals surface area contributed by atoms with Crippen LogP contribution in [0.1, 0.15) is 56.7 Å². The number of amides is 1. The third kappa shape index (κ3) is 5.82. The molecule has 1 saturated heterocycles. The number of cyclic esters (lactones) is 1. The molecule has 1 aromatic rings. The first kappa shape index (κ1) is 25.5. The molecule has 0 radical (unpaired) electrons. The average Bonchev–Trinajstić information content (AvgIpc) is 3.36. The van der Waals surface area contributed by atoms with Gasteiger partial charge in [-0.1, -0.05) is 13.0 Å². The monoisotopic (exact) mass is 504 g/mol. The first-order chi connectivity index (χ1) is 16.6. The zero-order valence-electron chi connectivity index (χ0n) is 20.1. The van der Waals surface area contributed by atoms with E-state index in [0.717, 1.165) is 16.3 Å². The number of carbonyl (C=O) groups is 3. The molecule has 1 fully saturated rings. The van der Waals surface area contributed by atoms with Crippen LogP contribution in [0.15, 0.2) is 22.6 Å². The highest BCUT2D eigenvalue weighted by Crippen LogP contribution is 2.33. The Hall–Kier alpha value is -2.56. The number of nitrogens with zero attached hydrogens (tertiary/aromatic N) is 1. The highest BCUT2D eigenvalue weighted by Gasteiger charge is 2.40. The van der Waals surface area contributed by atoms with Crippen LogP contribution >= 0.6 is 11.3 Å². The number of rotatable bonds is 2. The second-order valence-corrected chi connectivity index (χ2v) is 10.7. The molecule has 0 aromatic carbocycles. The Morgan fingerprint density at radius 1 is 1.23 bits per heavy atom. The van der Waals surface area contributed by atoms with Crippen LogP contribution in [0.3, 0.4) is 0 Å². The number of carbonyl (C=O) groups excluding carboxylic acids is 3. The van der Waals surface area contributed by atoms with Crippen molar-refractivity contribution < 1.29 is 34.1 Å². The largest absolute Gasteiger partial charge is 0.458 e. The van der Waals surface area contributed by atoms with E-state index >= 15 is 0 Å². The van der Waals surface area contributed by atoms with Crippen molar-refractivity contribution in [3.63, 3.8) is 0 Å². The van der Waals surface area contributed by atoms with E-state index in [1.807, 2.05) is 25.3 Å². The van der Waals surface area contributed by atoms with Gasteiger partial charge in [-0.15, -0.1) is 11.3 Å². The molecule has 3 heterocycles. The number of nitrogens with one attached hydrogen (secondary N) is 1. The molecule has 7 atom stereocenters. The summed E-state index contributed by atoms with van der Waals surface area (Å²) in [5, 5.41) is 27.0. The highest BCUT2D eigenvalue weighted by molar-refractivity contribution is 7.09. The minimum Gasteiger partial charge on any atom is -0.458 e. The van der Waals surface area contributed by atoms with Crippen LogP contribution in [0.4, 0.5) is 4.79 Å². The normalized spacial score (nSPS) is 34.8. The fourth-order valence-corrected chi connectivity index (χ4v) is 5.63. The van der Waals surface area contributed by atoms with E-state index in [0.29, 0.717) is 25.7 Å². The fraction of sp³-hybridized carbons (Fsp3) is 0.600. The van der Waals surface area contributed by atoms with E-state index in [1.165, 1.54) is 11.3 Å². The lowest BCUT2D eigenvalue weighted by molar-refractivity contribution is -0.149. The van der Waals surface area contributed by atoms with Crippen molar-refractivity contribution in [1.82, 2.24) is 10.3 Å². The number of esters is 1. The van der Waals surface area contributed by atoms with Crippen molar-refractivity contribution >= 4 is 35.3 Å². The smallest absolute Gasteiger partial charge is 0.407 e. The van der Waals surface area contributed by atoms with Crippen LogP contribution in [0.25, 0.3) is 6.08 Å². The lowest BCUT2D eigenvalue weighted by Gasteiger charge is -2.33. The van der Waals surface area contributed by atoms with Crippen molar-refractivity contribution in [2.24, 2.45) is 11.8 Å². The van der Waals surface area contributed by atoms with Gasteiger partial charge < -0.3 is 25.0 Å². The predicted octanol–water partition coefficient (Wildman–Crippen LogP) is 2.69. The van der Waals surface area contributed by atoms with Crippen LogP contribution in [0.2, 0.25) is 0 Å². The molecular formula is C25H32N2O7S. The standard InChI is InChI=1S/C25H32N2O7S/c1-12(7-16-11-35-14(3)26-16)21-9-18-20(34-25(32)27-18)6-4-5-15-8-17(19(28)10-22(29)33-21)24(31)13(2)23(15)30/h7-8,11,13,15,18-21,23,28,30H,4-6,9-10H2,1-3H3,(H,27,32)/b12-7+/t13?,15?,18-,19?,20?,21-,23+/m0/s1. The summed E-state index contributed by atoms with van der Waals surface area (Å²) in [6.45, 7) is 5.37. The first-order valence-corrected chi connectivity index (χ1v) is 12.9. The summed E-state index contributed by atoms with van der Waals surface area (Å²) in [7, 11) is 0. The minimum atomic E-state index is -1.32. The molecule has 4 unspecified atom stereocenters. The van der Waals surface area contributed by atoms with Crippen LogP contribution in [-0.2, 0) is 19.1 Å². The van der Waals surface area contributed by atoms with Gasteiger partial charge in [-0.2, -0.15) is 0 Å². The second kappa shape index (κ2) is 10.6. The Balaban J connectivity index is 1.63. The molecule has 0 saturated carbocycles. The Bertz CT molecular complexity index is 1050. The summed E-state index contributed by atoms with van der Waals surface area (Å²) in [6.07, 6.45) is 1.33. The van der Waals surface area contributed by atoms with Crippen LogP contribution in [0, 0.1) is 18.8 Å². The number of alkyl carbamates (subject to hydrolysis) is 1. The number of aromatic nitrogens is 1. The second-order valence-electron chi connectivity index (χ2n) is 9.67. The molecule has 9 nitrogen and oxygen atoms in total. The minimum absolute atomic E-state index is 0.149. The van der Waals surface area contributed by atoms with Gasteiger partial charge in [0.25, 0.3) is 0 Å². The fourth-order valence-electron chi connectivity index (χ4n) is 5.06. The molecule has 35 heavy (non-hydrogen) atoms. The third-order valence-electron chi connectivity index (χ3n) is 7.06. The molecule has 3 N–H and O–H groups in total. The van der Waals surface area contributed by atoms with Gasteiger partial charge in [-0.3, -0.25) is 9.59 Å². The molecule has 190 valence electrons. The van der Waals surface area contributed by atoms with Crippen molar-refractivity contribution in [3.8, 4) is 0 Å². The molecule has 3 aliphatic rings. The van der Waals surface area contributed by atoms with Crippen molar-refractivity contribution in [2.45, 2.75) is 83.3 Å². The Labute approximate surface area is 208 Å². The van der Waals surface area contributed by atoms with Gasteiger partial charge in [-0.05, 0) is 44.8 Å². The summed E-state index contributed by atoms with van der Waals surface area (Å²) >= 11 is 1.51. The van der Waals surface area contributed by atoms with Crippen LogP contribution in [0.5, 0.6) is 0 Å². The number of aliphatic hydroxyl groups excluding tert-OH is 2. The summed E-state index contributed by atoms with van der Waals surface area (Å²) in [5.41, 5.74) is 1.64. The quantitative estimate of drug-likeness (QED) is 0.523. The Morgan fingerprint density at radius 2 is 2.00 bits per heavy atom. The van der Waals surface area contributed by atoms with E-state index in [1.54, 1.807) is 13.0 Å². The van der Waals surface area contributed by atoms with Gasteiger partial charge in [0.1, 0.15) is 12.2 Å². The number of ether oxygens (including phenoxy) is 2. The predicted molar refractivity (Wildman–Crippen MR) is 128 cm³/mol. The van der Waals surface area contributed by atoms with Crippen LogP contribution < -0.4 is 5.32 Å². The van der Waals surface area contributed by atoms with Gasteiger partial charge in [0.2, 0.25) is 0 Å². The molecule has 0 spiro atoms. The number of aryl methyl sites for hydroxylation is 1. The maximum atomic E-state index is 12.9. The summed E-state index contributed by atoms with van der Waals surface area (Å²) in [6, 6.07) is -0.364. The van der Waals surface area contributed by atoms with E-state index in [9.17, 15) is 24.6 Å². The molecule has 1 aromatic heterocycles. The molecule has 10 heteroatoms. The maximum Gasteiger partial charge on any atom is 0.407 e. The highest BCUT2D eigenvalue weighted by atomic mass is 32.1. The number of thiazole rings is 1. The van der Waals surface area contributed by atoms with Crippen molar-refractivity contribution in [3.05, 3.63) is 33.3 Å². The van der Waals surface area contributed by atoms with E-state index < -0.39 is 42.4 Å². The van der Waals surface area contributed by atoms with Gasteiger partial charge in [-0.25, -0.2) is 9.78 Å². The van der Waals surface area contributed by atoms with E-state index in [4.69, 9.17) is 9.47 Å². The number of ketones is 1. The number of hydrogen-bond donors (Lipinski definition) is 3. The summed E-state index contributed by atoms with van der Waals surface area (Å²) < 4.78 is 11.3. The topological polar surface area (TPSA) is 135 Å². The van der Waals surface area contributed by atoms with Gasteiger partial charge in [0.15, 0.2) is 5.78 Å². The Kier molecular flexibility index (Phi) is 7.73. The molecule has 1 aliphatic carbocycles. The zero-order chi connectivity index (χ0) is 25.3. The van der Waals surface area contributed by atoms with Gasteiger partial charge in [0, 0.05) is 29.2 Å². The SMILES string of the molecule is C/C(=C\c1csc(C)n1)[C@@H]1C[C@@H]2NC(=O)OC2CCCC2C=C(C(=O)C(C)[C@H]2O)C(O)CC(=O)O1. The molecule has 1 amide bonds. The lowest BCUT2D eigenvalue weighted by atomic mass is 9.75.